The van der Waals surface area contributed by atoms with Crippen LogP contribution in [-0.2, 0) is 4.74 Å². The molecule has 0 aliphatic heterocycles. The van der Waals surface area contributed by atoms with Gasteiger partial charge in [0.2, 0.25) is 0 Å². The molecule has 1 amide bonds. The Kier molecular flexibility index (Phi) is 5.52. The van der Waals surface area contributed by atoms with E-state index in [2.05, 4.69) is 10.6 Å². The Morgan fingerprint density at radius 2 is 2.10 bits per heavy atom. The van der Waals surface area contributed by atoms with Gasteiger partial charge in [0.15, 0.2) is 5.11 Å². The van der Waals surface area contributed by atoms with Gasteiger partial charge in [-0.05, 0) is 56.8 Å². The van der Waals surface area contributed by atoms with Crippen molar-refractivity contribution in [2.45, 2.75) is 26.4 Å². The molecule has 108 valence electrons. The molecule has 1 aromatic carbocycles. The summed E-state index contributed by atoms with van der Waals surface area (Å²) in [5, 5.41) is 5.58. The van der Waals surface area contributed by atoms with Gasteiger partial charge >= 0.3 is 6.09 Å². The first kappa shape index (κ1) is 16.0. The Morgan fingerprint density at radius 1 is 1.40 bits per heavy atom. The lowest BCUT2D eigenvalue weighted by molar-refractivity contribution is 0.0553. The normalized spacial score (nSPS) is 11.2. The summed E-state index contributed by atoms with van der Waals surface area (Å²) >= 11 is 4.77. The molecule has 0 aromatic heterocycles. The van der Waals surface area contributed by atoms with Crippen LogP contribution in [0.15, 0.2) is 30.5 Å². The molecular weight excluding hydrogens is 274 g/mol. The summed E-state index contributed by atoms with van der Waals surface area (Å²) < 4.78 is 5.10. The molecule has 0 aliphatic rings. The van der Waals surface area contributed by atoms with E-state index in [4.69, 9.17) is 22.7 Å². The minimum absolute atomic E-state index is 0.206. The summed E-state index contributed by atoms with van der Waals surface area (Å²) in [5.74, 6) is 0. The predicted octanol–water partition coefficient (Wildman–Crippen LogP) is 2.84. The van der Waals surface area contributed by atoms with Crippen molar-refractivity contribution in [3.8, 4) is 0 Å². The molecule has 6 heteroatoms. The lowest BCUT2D eigenvalue weighted by Gasteiger charge is -2.18. The quantitative estimate of drug-likeness (QED) is 0.747. The lowest BCUT2D eigenvalue weighted by atomic mass is 10.2. The smallest absolute Gasteiger partial charge is 0.411 e. The summed E-state index contributed by atoms with van der Waals surface area (Å²) in [5.41, 5.74) is 6.57. The van der Waals surface area contributed by atoms with E-state index in [0.29, 0.717) is 0 Å². The monoisotopic (exact) mass is 293 g/mol. The van der Waals surface area contributed by atoms with E-state index in [1.54, 1.807) is 26.8 Å². The van der Waals surface area contributed by atoms with Gasteiger partial charge in [0, 0.05) is 11.9 Å². The third kappa shape index (κ3) is 6.75. The molecule has 0 spiro atoms. The SMILES string of the molecule is CC(C)(C)OC(=O)NC=Cc1cccc(NC(N)=S)c1. The van der Waals surface area contributed by atoms with Gasteiger partial charge < -0.3 is 15.8 Å². The molecule has 4 N–H and O–H groups in total. The van der Waals surface area contributed by atoms with E-state index in [9.17, 15) is 4.79 Å². The number of rotatable bonds is 3. The highest BCUT2D eigenvalue weighted by atomic mass is 32.1. The lowest BCUT2D eigenvalue weighted by Crippen LogP contribution is -2.29. The number of benzene rings is 1. The molecule has 0 heterocycles. The second-order valence-corrected chi connectivity index (χ2v) is 5.53. The van der Waals surface area contributed by atoms with Gasteiger partial charge in [-0.3, -0.25) is 5.32 Å². The molecule has 0 atom stereocenters. The van der Waals surface area contributed by atoms with Crippen LogP contribution in [0.5, 0.6) is 0 Å². The Bertz CT molecular complexity index is 521. The van der Waals surface area contributed by atoms with Crippen molar-refractivity contribution >= 4 is 35.2 Å². The van der Waals surface area contributed by atoms with Crippen molar-refractivity contribution in [2.75, 3.05) is 5.32 Å². The molecule has 0 bridgehead atoms. The first-order valence-corrected chi connectivity index (χ1v) is 6.50. The average molecular weight is 293 g/mol. The van der Waals surface area contributed by atoms with Crippen molar-refractivity contribution in [3.05, 3.63) is 36.0 Å². The fourth-order valence-electron chi connectivity index (χ4n) is 1.38. The van der Waals surface area contributed by atoms with Gasteiger partial charge in [-0.25, -0.2) is 4.79 Å². The van der Waals surface area contributed by atoms with Crippen LogP contribution in [0.2, 0.25) is 0 Å². The Hall–Kier alpha value is -2.08. The topological polar surface area (TPSA) is 76.4 Å². The average Bonchev–Trinajstić information content (AvgIpc) is 2.25. The van der Waals surface area contributed by atoms with E-state index in [1.807, 2.05) is 24.3 Å². The van der Waals surface area contributed by atoms with Crippen LogP contribution in [0.25, 0.3) is 6.08 Å². The number of nitrogens with one attached hydrogen (secondary N) is 2. The summed E-state index contributed by atoms with van der Waals surface area (Å²) in [7, 11) is 0. The van der Waals surface area contributed by atoms with Gasteiger partial charge in [-0.2, -0.15) is 0 Å². The van der Waals surface area contributed by atoms with E-state index < -0.39 is 11.7 Å². The van der Waals surface area contributed by atoms with E-state index >= 15 is 0 Å². The Labute approximate surface area is 124 Å². The van der Waals surface area contributed by atoms with Gasteiger partial charge in [-0.1, -0.05) is 12.1 Å². The van der Waals surface area contributed by atoms with Crippen LogP contribution in [0, 0.1) is 0 Å². The zero-order valence-electron chi connectivity index (χ0n) is 11.8. The number of nitrogens with two attached hydrogens (primary N) is 1. The minimum atomic E-state index is -0.515. The second-order valence-electron chi connectivity index (χ2n) is 5.09. The molecule has 1 aromatic rings. The standard InChI is InChI=1S/C14H19N3O2S/c1-14(2,3)19-13(18)16-8-7-10-5-4-6-11(9-10)17-12(15)20/h4-9H,1-3H3,(H,16,18)(H3,15,17,20). The van der Waals surface area contributed by atoms with Crippen molar-refractivity contribution in [2.24, 2.45) is 5.73 Å². The molecule has 0 radical (unpaired) electrons. The maximum atomic E-state index is 11.4. The number of ether oxygens (including phenoxy) is 1. The molecule has 5 nitrogen and oxygen atoms in total. The molecule has 20 heavy (non-hydrogen) atoms. The molecular formula is C14H19N3O2S. The molecule has 0 unspecified atom stereocenters. The highest BCUT2D eigenvalue weighted by Gasteiger charge is 2.14. The fraction of sp³-hybridized carbons (Fsp3) is 0.286. The van der Waals surface area contributed by atoms with Crippen LogP contribution >= 0.6 is 12.2 Å². The third-order valence-corrected chi connectivity index (χ3v) is 2.13. The summed E-state index contributed by atoms with van der Waals surface area (Å²) in [6.45, 7) is 5.42. The molecule has 0 saturated carbocycles. The number of hydrogen-bond donors (Lipinski definition) is 3. The van der Waals surface area contributed by atoms with E-state index in [0.717, 1.165) is 11.3 Å². The summed E-state index contributed by atoms with van der Waals surface area (Å²) in [4.78, 5) is 11.4. The number of carbonyl (C=O) groups is 1. The fourth-order valence-corrected chi connectivity index (χ4v) is 1.49. The Morgan fingerprint density at radius 3 is 2.70 bits per heavy atom. The van der Waals surface area contributed by atoms with Gasteiger partial charge in [0.25, 0.3) is 0 Å². The maximum Gasteiger partial charge on any atom is 0.411 e. The number of amides is 1. The highest BCUT2D eigenvalue weighted by molar-refractivity contribution is 7.80. The number of thiocarbonyl (C=S) groups is 1. The highest BCUT2D eigenvalue weighted by Crippen LogP contribution is 2.11. The van der Waals surface area contributed by atoms with Crippen LogP contribution in [-0.4, -0.2) is 16.8 Å². The van der Waals surface area contributed by atoms with Crippen LogP contribution in [0.4, 0.5) is 10.5 Å². The van der Waals surface area contributed by atoms with E-state index in [1.165, 1.54) is 6.20 Å². The zero-order chi connectivity index (χ0) is 15.2. The largest absolute Gasteiger partial charge is 0.444 e. The van der Waals surface area contributed by atoms with Crippen LogP contribution in [0.3, 0.4) is 0 Å². The van der Waals surface area contributed by atoms with Gasteiger partial charge in [0.05, 0.1) is 0 Å². The third-order valence-electron chi connectivity index (χ3n) is 2.03. The first-order chi connectivity index (χ1) is 9.26. The van der Waals surface area contributed by atoms with Crippen molar-refractivity contribution in [1.82, 2.24) is 5.32 Å². The first-order valence-electron chi connectivity index (χ1n) is 6.09. The number of anilines is 1. The minimum Gasteiger partial charge on any atom is -0.444 e. The van der Waals surface area contributed by atoms with Crippen molar-refractivity contribution in [3.63, 3.8) is 0 Å². The van der Waals surface area contributed by atoms with Crippen molar-refractivity contribution < 1.29 is 9.53 Å². The van der Waals surface area contributed by atoms with Gasteiger partial charge in [0.1, 0.15) is 5.60 Å². The summed E-state index contributed by atoms with van der Waals surface area (Å²) in [6, 6.07) is 7.44. The zero-order valence-corrected chi connectivity index (χ0v) is 12.6. The van der Waals surface area contributed by atoms with Crippen molar-refractivity contribution in [1.29, 1.82) is 0 Å². The van der Waals surface area contributed by atoms with E-state index in [-0.39, 0.29) is 5.11 Å². The molecule has 0 aliphatic carbocycles. The maximum absolute atomic E-state index is 11.4. The number of alkyl carbamates (subject to hydrolysis) is 1. The second kappa shape index (κ2) is 6.91. The molecule has 0 fully saturated rings. The van der Waals surface area contributed by atoms with Crippen LogP contribution < -0.4 is 16.4 Å². The number of carbonyl (C=O) groups excluding carboxylic acids is 1. The Balaban J connectivity index is 2.58. The van der Waals surface area contributed by atoms with Gasteiger partial charge in [-0.15, -0.1) is 0 Å². The molecule has 1 rings (SSSR count). The number of hydrogen-bond acceptors (Lipinski definition) is 3. The molecule has 0 saturated heterocycles. The summed E-state index contributed by atoms with van der Waals surface area (Å²) in [6.07, 6.45) is 2.77. The van der Waals surface area contributed by atoms with Crippen LogP contribution in [0.1, 0.15) is 26.3 Å². The predicted molar refractivity (Wildman–Crippen MR) is 85.3 cm³/mol.